The lowest BCUT2D eigenvalue weighted by Gasteiger charge is -2.03. The van der Waals surface area contributed by atoms with Crippen LogP contribution in [-0.4, -0.2) is 37.7 Å². The number of nitrogens with one attached hydrogen (secondary N) is 1. The molecule has 20 heavy (non-hydrogen) atoms. The quantitative estimate of drug-likeness (QED) is 0.607. The Morgan fingerprint density at radius 2 is 2.25 bits per heavy atom. The van der Waals surface area contributed by atoms with Crippen LogP contribution in [0.3, 0.4) is 0 Å². The standard InChI is InChI=1S/C14H25N3O2S/c1-19-9-5-8-16-13(18)10-12-11-20-14(17-12)6-3-2-4-7-15/h11H,2-10,15H2,1H3,(H,16,18). The van der Waals surface area contributed by atoms with Crippen molar-refractivity contribution in [3.8, 4) is 0 Å². The number of ether oxygens (including phenoxy) is 1. The van der Waals surface area contributed by atoms with Gasteiger partial charge < -0.3 is 15.8 Å². The zero-order chi connectivity index (χ0) is 14.6. The molecule has 1 aromatic rings. The van der Waals surface area contributed by atoms with Gasteiger partial charge in [-0.2, -0.15) is 0 Å². The third kappa shape index (κ3) is 7.57. The predicted octanol–water partition coefficient (Wildman–Crippen LogP) is 1.51. The molecule has 0 saturated carbocycles. The highest BCUT2D eigenvalue weighted by Gasteiger charge is 2.07. The number of methoxy groups -OCH3 is 1. The molecule has 0 bridgehead atoms. The highest BCUT2D eigenvalue weighted by molar-refractivity contribution is 7.09. The molecule has 0 aliphatic heterocycles. The van der Waals surface area contributed by atoms with Gasteiger partial charge in [-0.05, 0) is 32.2 Å². The fraction of sp³-hybridized carbons (Fsp3) is 0.714. The number of carbonyl (C=O) groups excluding carboxylic acids is 1. The lowest BCUT2D eigenvalue weighted by molar-refractivity contribution is -0.120. The summed E-state index contributed by atoms with van der Waals surface area (Å²) >= 11 is 1.64. The van der Waals surface area contributed by atoms with Crippen LogP contribution >= 0.6 is 11.3 Å². The van der Waals surface area contributed by atoms with Crippen LogP contribution in [0.4, 0.5) is 0 Å². The molecule has 3 N–H and O–H groups in total. The molecule has 0 radical (unpaired) electrons. The Morgan fingerprint density at radius 1 is 1.40 bits per heavy atom. The van der Waals surface area contributed by atoms with Crippen molar-refractivity contribution in [3.05, 3.63) is 16.1 Å². The first-order chi connectivity index (χ1) is 9.76. The molecule has 0 aliphatic rings. The van der Waals surface area contributed by atoms with Crippen LogP contribution in [0.15, 0.2) is 5.38 Å². The topological polar surface area (TPSA) is 77.2 Å². The molecule has 0 fully saturated rings. The summed E-state index contributed by atoms with van der Waals surface area (Å²) in [6.07, 6.45) is 5.53. The minimum atomic E-state index is 0.0288. The number of nitrogens with two attached hydrogens (primary N) is 1. The van der Waals surface area contributed by atoms with Gasteiger partial charge in [-0.1, -0.05) is 6.42 Å². The normalized spacial score (nSPS) is 10.7. The van der Waals surface area contributed by atoms with Gasteiger partial charge >= 0.3 is 0 Å². The molecule has 0 unspecified atom stereocenters. The maximum Gasteiger partial charge on any atom is 0.226 e. The van der Waals surface area contributed by atoms with Crippen LogP contribution in [0.25, 0.3) is 0 Å². The third-order valence-electron chi connectivity index (χ3n) is 2.88. The monoisotopic (exact) mass is 299 g/mol. The molecule has 0 aromatic carbocycles. The van der Waals surface area contributed by atoms with Crippen LogP contribution in [-0.2, 0) is 22.4 Å². The minimum absolute atomic E-state index is 0.0288. The largest absolute Gasteiger partial charge is 0.385 e. The van der Waals surface area contributed by atoms with Crippen molar-refractivity contribution in [1.82, 2.24) is 10.3 Å². The number of unbranched alkanes of at least 4 members (excludes halogenated alkanes) is 2. The van der Waals surface area contributed by atoms with E-state index in [1.54, 1.807) is 18.4 Å². The molecule has 114 valence electrons. The molecule has 0 saturated heterocycles. The molecule has 1 amide bonds. The van der Waals surface area contributed by atoms with Gasteiger partial charge in [0.25, 0.3) is 0 Å². The summed E-state index contributed by atoms with van der Waals surface area (Å²) in [5, 5.41) is 5.96. The van der Waals surface area contributed by atoms with E-state index in [1.807, 2.05) is 5.38 Å². The van der Waals surface area contributed by atoms with Crippen molar-refractivity contribution in [3.63, 3.8) is 0 Å². The number of hydrogen-bond donors (Lipinski definition) is 2. The van der Waals surface area contributed by atoms with Crippen molar-refractivity contribution in [1.29, 1.82) is 0 Å². The Kier molecular flexibility index (Phi) is 9.19. The van der Waals surface area contributed by atoms with Crippen molar-refractivity contribution in [2.45, 2.75) is 38.5 Å². The maximum atomic E-state index is 11.7. The van der Waals surface area contributed by atoms with Crippen molar-refractivity contribution in [2.24, 2.45) is 5.73 Å². The molecule has 0 spiro atoms. The van der Waals surface area contributed by atoms with Gasteiger partial charge in [-0.15, -0.1) is 11.3 Å². The zero-order valence-electron chi connectivity index (χ0n) is 12.2. The second kappa shape index (κ2) is 10.8. The van der Waals surface area contributed by atoms with E-state index in [0.29, 0.717) is 19.6 Å². The molecule has 6 heteroatoms. The number of thiazole rings is 1. The van der Waals surface area contributed by atoms with E-state index in [2.05, 4.69) is 10.3 Å². The Labute approximate surface area is 124 Å². The Morgan fingerprint density at radius 3 is 3.00 bits per heavy atom. The van der Waals surface area contributed by atoms with Gasteiger partial charge in [-0.25, -0.2) is 4.98 Å². The lowest BCUT2D eigenvalue weighted by atomic mass is 10.2. The minimum Gasteiger partial charge on any atom is -0.385 e. The fourth-order valence-corrected chi connectivity index (χ4v) is 2.65. The first-order valence-electron chi connectivity index (χ1n) is 7.15. The molecule has 1 heterocycles. The molecular weight excluding hydrogens is 274 g/mol. The highest BCUT2D eigenvalue weighted by atomic mass is 32.1. The Bertz CT molecular complexity index is 382. The molecule has 1 rings (SSSR count). The summed E-state index contributed by atoms with van der Waals surface area (Å²) in [4.78, 5) is 16.2. The number of nitrogens with zero attached hydrogens (tertiary/aromatic N) is 1. The summed E-state index contributed by atoms with van der Waals surface area (Å²) in [5.74, 6) is 0.0288. The van der Waals surface area contributed by atoms with Crippen LogP contribution in [0.1, 0.15) is 36.4 Å². The van der Waals surface area contributed by atoms with Gasteiger partial charge in [0.05, 0.1) is 17.1 Å². The zero-order valence-corrected chi connectivity index (χ0v) is 13.0. The molecule has 0 atom stereocenters. The van der Waals surface area contributed by atoms with E-state index < -0.39 is 0 Å². The highest BCUT2D eigenvalue weighted by Crippen LogP contribution is 2.13. The Hall–Kier alpha value is -0.980. The van der Waals surface area contributed by atoms with Gasteiger partial charge in [0.2, 0.25) is 5.91 Å². The van der Waals surface area contributed by atoms with Crippen molar-refractivity contribution < 1.29 is 9.53 Å². The molecule has 0 aliphatic carbocycles. The van der Waals surface area contributed by atoms with Gasteiger partial charge in [0.1, 0.15) is 0 Å². The van der Waals surface area contributed by atoms with Crippen LogP contribution < -0.4 is 11.1 Å². The summed E-state index contributed by atoms with van der Waals surface area (Å²) in [7, 11) is 1.66. The average Bonchev–Trinajstić information content (AvgIpc) is 2.87. The SMILES string of the molecule is COCCCNC(=O)Cc1csc(CCCCCN)n1. The smallest absolute Gasteiger partial charge is 0.226 e. The van der Waals surface area contributed by atoms with Crippen molar-refractivity contribution >= 4 is 17.2 Å². The lowest BCUT2D eigenvalue weighted by Crippen LogP contribution is -2.26. The number of aryl methyl sites for hydroxylation is 1. The molecular formula is C14H25N3O2S. The first-order valence-corrected chi connectivity index (χ1v) is 8.03. The number of carbonyl (C=O) groups is 1. The summed E-state index contributed by atoms with van der Waals surface area (Å²) < 4.78 is 4.93. The van der Waals surface area contributed by atoms with E-state index in [0.717, 1.165) is 49.4 Å². The van der Waals surface area contributed by atoms with Gasteiger partial charge in [0.15, 0.2) is 0 Å². The van der Waals surface area contributed by atoms with E-state index in [-0.39, 0.29) is 5.91 Å². The Balaban J connectivity index is 2.20. The average molecular weight is 299 g/mol. The number of rotatable bonds is 11. The van der Waals surface area contributed by atoms with E-state index in [9.17, 15) is 4.79 Å². The summed E-state index contributed by atoms with van der Waals surface area (Å²) in [6, 6.07) is 0. The number of hydrogen-bond acceptors (Lipinski definition) is 5. The fourth-order valence-electron chi connectivity index (χ4n) is 1.81. The van der Waals surface area contributed by atoms with E-state index in [4.69, 9.17) is 10.5 Å². The second-order valence-electron chi connectivity index (χ2n) is 4.70. The van der Waals surface area contributed by atoms with Crippen LogP contribution in [0.5, 0.6) is 0 Å². The van der Waals surface area contributed by atoms with Crippen LogP contribution in [0, 0.1) is 0 Å². The van der Waals surface area contributed by atoms with E-state index >= 15 is 0 Å². The van der Waals surface area contributed by atoms with Gasteiger partial charge in [-0.3, -0.25) is 4.79 Å². The van der Waals surface area contributed by atoms with Crippen LogP contribution in [0.2, 0.25) is 0 Å². The van der Waals surface area contributed by atoms with E-state index in [1.165, 1.54) is 0 Å². The number of amides is 1. The second-order valence-corrected chi connectivity index (χ2v) is 5.65. The third-order valence-corrected chi connectivity index (χ3v) is 3.84. The summed E-state index contributed by atoms with van der Waals surface area (Å²) in [5.41, 5.74) is 6.33. The summed E-state index contributed by atoms with van der Waals surface area (Å²) in [6.45, 7) is 2.08. The maximum absolute atomic E-state index is 11.7. The predicted molar refractivity (Wildman–Crippen MR) is 81.9 cm³/mol. The number of aromatic nitrogens is 1. The van der Waals surface area contributed by atoms with Gasteiger partial charge in [0, 0.05) is 25.6 Å². The molecule has 1 aromatic heterocycles. The first kappa shape index (κ1) is 17.1. The molecule has 5 nitrogen and oxygen atoms in total. The van der Waals surface area contributed by atoms with Crippen molar-refractivity contribution in [2.75, 3.05) is 26.8 Å².